The van der Waals surface area contributed by atoms with Crippen LogP contribution in [0.1, 0.15) is 65.2 Å². The molecule has 0 radical (unpaired) electrons. The minimum atomic E-state index is -0.284. The largest absolute Gasteiger partial charge is 0.298 e. The average Bonchev–Trinajstić information content (AvgIpc) is 3.30. The molecule has 1 aliphatic heterocycles. The fourth-order valence-corrected chi connectivity index (χ4v) is 3.65. The lowest BCUT2D eigenvalue weighted by Crippen LogP contribution is -2.56. The van der Waals surface area contributed by atoms with E-state index in [1.165, 1.54) is 51.5 Å². The van der Waals surface area contributed by atoms with Crippen molar-refractivity contribution in [3.63, 3.8) is 0 Å². The third kappa shape index (κ3) is 3.74. The minimum absolute atomic E-state index is 0.284. The second-order valence-corrected chi connectivity index (χ2v) is 6.67. The van der Waals surface area contributed by atoms with Crippen LogP contribution in [-0.4, -0.2) is 36.1 Å². The molecule has 1 saturated heterocycles. The van der Waals surface area contributed by atoms with Crippen molar-refractivity contribution < 1.29 is 0 Å². The van der Waals surface area contributed by atoms with E-state index in [1.807, 2.05) is 0 Å². The normalized spacial score (nSPS) is 27.6. The molecule has 0 spiro atoms. The van der Waals surface area contributed by atoms with Gasteiger partial charge in [-0.2, -0.15) is 5.26 Å². The first-order valence-electron chi connectivity index (χ1n) is 8.66. The Morgan fingerprint density at radius 3 is 2.60 bits per heavy atom. The van der Waals surface area contributed by atoms with Crippen molar-refractivity contribution in [3.8, 4) is 6.07 Å². The molecule has 2 rings (SSSR count). The van der Waals surface area contributed by atoms with Crippen molar-refractivity contribution in [2.24, 2.45) is 5.92 Å². The maximum Gasteiger partial charge on any atom is 0.122 e. The Morgan fingerprint density at radius 1 is 1.20 bits per heavy atom. The molecule has 1 heterocycles. The van der Waals surface area contributed by atoms with Crippen molar-refractivity contribution in [1.29, 1.82) is 5.26 Å². The minimum Gasteiger partial charge on any atom is -0.298 e. The molecule has 1 N–H and O–H groups in total. The van der Waals surface area contributed by atoms with Gasteiger partial charge in [0.2, 0.25) is 0 Å². The third-order valence-electron chi connectivity index (χ3n) is 5.09. The molecule has 1 saturated carbocycles. The van der Waals surface area contributed by atoms with E-state index in [0.717, 1.165) is 19.5 Å². The van der Waals surface area contributed by atoms with Gasteiger partial charge in [-0.15, -0.1) is 0 Å². The molecule has 3 nitrogen and oxygen atoms in total. The fourth-order valence-electron chi connectivity index (χ4n) is 3.65. The van der Waals surface area contributed by atoms with Gasteiger partial charge in [0, 0.05) is 12.6 Å². The van der Waals surface area contributed by atoms with Crippen LogP contribution in [-0.2, 0) is 0 Å². The maximum absolute atomic E-state index is 9.83. The summed E-state index contributed by atoms with van der Waals surface area (Å²) in [6.45, 7) is 7.57. The summed E-state index contributed by atoms with van der Waals surface area (Å²) in [7, 11) is 0. The SMILES string of the molecule is CCCNC(C#N)(CN1CCCCCC1CC)C1CC1. The van der Waals surface area contributed by atoms with E-state index >= 15 is 0 Å². The lowest BCUT2D eigenvalue weighted by molar-refractivity contribution is 0.143. The highest BCUT2D eigenvalue weighted by atomic mass is 15.2. The van der Waals surface area contributed by atoms with Crippen LogP contribution in [0.2, 0.25) is 0 Å². The first-order chi connectivity index (χ1) is 9.75. The first-order valence-corrected chi connectivity index (χ1v) is 8.66. The molecule has 2 atom stereocenters. The zero-order valence-electron chi connectivity index (χ0n) is 13.3. The Morgan fingerprint density at radius 2 is 2.00 bits per heavy atom. The fraction of sp³-hybridized carbons (Fsp3) is 0.941. The summed E-state index contributed by atoms with van der Waals surface area (Å²) >= 11 is 0. The molecule has 20 heavy (non-hydrogen) atoms. The average molecular weight is 277 g/mol. The highest BCUT2D eigenvalue weighted by Gasteiger charge is 2.46. The van der Waals surface area contributed by atoms with Crippen molar-refractivity contribution in [2.45, 2.75) is 76.8 Å². The molecule has 2 unspecified atom stereocenters. The van der Waals surface area contributed by atoms with Gasteiger partial charge in [-0.05, 0) is 57.5 Å². The number of nitriles is 1. The van der Waals surface area contributed by atoms with Gasteiger partial charge in [-0.25, -0.2) is 0 Å². The third-order valence-corrected chi connectivity index (χ3v) is 5.09. The van der Waals surface area contributed by atoms with Crippen molar-refractivity contribution >= 4 is 0 Å². The molecule has 0 bridgehead atoms. The van der Waals surface area contributed by atoms with Gasteiger partial charge in [0.05, 0.1) is 6.07 Å². The number of rotatable bonds is 7. The molecule has 114 valence electrons. The van der Waals surface area contributed by atoms with E-state index in [0.29, 0.717) is 12.0 Å². The van der Waals surface area contributed by atoms with Gasteiger partial charge in [0.25, 0.3) is 0 Å². The molecule has 1 aliphatic carbocycles. The Balaban J connectivity index is 2.06. The predicted octanol–water partition coefficient (Wildman–Crippen LogP) is 3.31. The number of hydrogen-bond acceptors (Lipinski definition) is 3. The van der Waals surface area contributed by atoms with Crippen LogP contribution in [0.25, 0.3) is 0 Å². The van der Waals surface area contributed by atoms with Crippen LogP contribution in [0.4, 0.5) is 0 Å². The number of nitrogens with zero attached hydrogens (tertiary/aromatic N) is 2. The van der Waals surface area contributed by atoms with Crippen molar-refractivity contribution in [2.75, 3.05) is 19.6 Å². The lowest BCUT2D eigenvalue weighted by atomic mass is 9.92. The summed E-state index contributed by atoms with van der Waals surface area (Å²) in [5, 5.41) is 13.4. The van der Waals surface area contributed by atoms with E-state index in [4.69, 9.17) is 0 Å². The smallest absolute Gasteiger partial charge is 0.122 e. The molecule has 0 amide bonds. The second-order valence-electron chi connectivity index (χ2n) is 6.67. The monoisotopic (exact) mass is 277 g/mol. The molecule has 0 aromatic carbocycles. The molecular formula is C17H31N3. The van der Waals surface area contributed by atoms with Gasteiger partial charge in [-0.3, -0.25) is 10.2 Å². The van der Waals surface area contributed by atoms with Crippen LogP contribution in [0, 0.1) is 17.2 Å². The summed E-state index contributed by atoms with van der Waals surface area (Å²) in [6, 6.07) is 3.36. The summed E-state index contributed by atoms with van der Waals surface area (Å²) in [6.07, 6.45) is 10.1. The molecule has 2 fully saturated rings. The van der Waals surface area contributed by atoms with E-state index in [1.54, 1.807) is 0 Å². The van der Waals surface area contributed by atoms with Crippen LogP contribution >= 0.6 is 0 Å². The van der Waals surface area contributed by atoms with Crippen molar-refractivity contribution in [1.82, 2.24) is 10.2 Å². The topological polar surface area (TPSA) is 39.1 Å². The zero-order valence-corrected chi connectivity index (χ0v) is 13.3. The van der Waals surface area contributed by atoms with Gasteiger partial charge < -0.3 is 0 Å². The predicted molar refractivity (Wildman–Crippen MR) is 83.5 cm³/mol. The highest BCUT2D eigenvalue weighted by Crippen LogP contribution is 2.40. The van der Waals surface area contributed by atoms with Crippen LogP contribution in [0.3, 0.4) is 0 Å². The standard InChI is InChI=1S/C17H31N3/c1-3-11-19-17(13-18,15-9-10-15)14-20-12-7-5-6-8-16(20)4-2/h15-16,19H,3-12,14H2,1-2H3. The van der Waals surface area contributed by atoms with Gasteiger partial charge >= 0.3 is 0 Å². The Hall–Kier alpha value is -0.590. The summed E-state index contributed by atoms with van der Waals surface area (Å²) in [5.74, 6) is 0.583. The molecule has 2 aliphatic rings. The van der Waals surface area contributed by atoms with E-state index in [2.05, 4.69) is 30.1 Å². The number of likely N-dealkylation sites (tertiary alicyclic amines) is 1. The van der Waals surface area contributed by atoms with Crippen molar-refractivity contribution in [3.05, 3.63) is 0 Å². The Kier molecular flexibility index (Phi) is 5.86. The molecule has 0 aromatic heterocycles. The zero-order chi connectivity index (χ0) is 14.4. The highest BCUT2D eigenvalue weighted by molar-refractivity contribution is 5.17. The summed E-state index contributed by atoms with van der Waals surface area (Å²) in [5.41, 5.74) is -0.284. The first kappa shape index (κ1) is 15.8. The van der Waals surface area contributed by atoms with Crippen LogP contribution in [0.5, 0.6) is 0 Å². The number of hydrogen-bond donors (Lipinski definition) is 1. The van der Waals surface area contributed by atoms with E-state index in [-0.39, 0.29) is 5.54 Å². The maximum atomic E-state index is 9.83. The van der Waals surface area contributed by atoms with E-state index < -0.39 is 0 Å². The Labute approximate surface area is 124 Å². The quantitative estimate of drug-likeness (QED) is 0.776. The second kappa shape index (κ2) is 7.43. The van der Waals surface area contributed by atoms with Gasteiger partial charge in [0.15, 0.2) is 0 Å². The number of nitrogens with one attached hydrogen (secondary N) is 1. The Bertz CT molecular complexity index is 332. The van der Waals surface area contributed by atoms with Crippen LogP contribution < -0.4 is 5.32 Å². The van der Waals surface area contributed by atoms with Gasteiger partial charge in [-0.1, -0.05) is 26.7 Å². The molecular weight excluding hydrogens is 246 g/mol. The van der Waals surface area contributed by atoms with E-state index in [9.17, 15) is 5.26 Å². The van der Waals surface area contributed by atoms with Crippen LogP contribution in [0.15, 0.2) is 0 Å². The summed E-state index contributed by atoms with van der Waals surface area (Å²) in [4.78, 5) is 2.62. The van der Waals surface area contributed by atoms with Gasteiger partial charge in [0.1, 0.15) is 5.54 Å². The summed E-state index contributed by atoms with van der Waals surface area (Å²) < 4.78 is 0. The molecule has 3 heteroatoms. The lowest BCUT2D eigenvalue weighted by Gasteiger charge is -2.37. The molecule has 0 aromatic rings.